The molecule has 1 aliphatic rings. The van der Waals surface area contributed by atoms with Crippen LogP contribution < -0.4 is 4.74 Å². The molecule has 0 N–H and O–H groups in total. The highest BCUT2D eigenvalue weighted by atomic mass is 35.5. The van der Waals surface area contributed by atoms with Gasteiger partial charge >= 0.3 is 5.97 Å². The largest absolute Gasteiger partial charge is 0.476 e. The Morgan fingerprint density at radius 2 is 1.60 bits per heavy atom. The maximum Gasteiger partial charge on any atom is 0.349 e. The van der Waals surface area contributed by atoms with Crippen LogP contribution in [0.15, 0.2) is 65.6 Å². The summed E-state index contributed by atoms with van der Waals surface area (Å²) in [7, 11) is 0. The van der Waals surface area contributed by atoms with Crippen LogP contribution in [-0.4, -0.2) is 54.1 Å². The summed E-state index contributed by atoms with van der Waals surface area (Å²) in [6, 6.07) is 18.9. The maximum absolute atomic E-state index is 13.9. The first-order valence-electron chi connectivity index (χ1n) is 14.1. The van der Waals surface area contributed by atoms with Crippen molar-refractivity contribution in [1.82, 2.24) is 4.90 Å². The van der Waals surface area contributed by atoms with Crippen molar-refractivity contribution in [3.05, 3.63) is 93.5 Å². The fourth-order valence-electron chi connectivity index (χ4n) is 5.43. The number of benzene rings is 3. The topological polar surface area (TPSA) is 72.9 Å². The Morgan fingerprint density at radius 3 is 2.17 bits per heavy atom. The van der Waals surface area contributed by atoms with E-state index < -0.39 is 17.5 Å². The first-order valence-corrected chi connectivity index (χ1v) is 15.7. The van der Waals surface area contributed by atoms with Crippen molar-refractivity contribution in [2.24, 2.45) is 5.92 Å². The summed E-state index contributed by atoms with van der Waals surface area (Å²) in [5, 5.41) is 0.620. The average Bonchev–Trinajstić information content (AvgIpc) is 3.42. The molecule has 1 aliphatic heterocycles. The number of aryl methyl sites for hydroxylation is 2. The number of carbonyl (C=O) groups excluding carboxylic acids is 3. The summed E-state index contributed by atoms with van der Waals surface area (Å²) < 4.78 is 11.4. The second kappa shape index (κ2) is 13.3. The van der Waals surface area contributed by atoms with E-state index >= 15 is 0 Å². The van der Waals surface area contributed by atoms with Gasteiger partial charge < -0.3 is 14.4 Å². The molecule has 0 bridgehead atoms. The van der Waals surface area contributed by atoms with Gasteiger partial charge in [-0.2, -0.15) is 0 Å². The number of amides is 1. The van der Waals surface area contributed by atoms with Crippen molar-refractivity contribution in [3.8, 4) is 5.75 Å². The highest BCUT2D eigenvalue weighted by Crippen LogP contribution is 2.39. The van der Waals surface area contributed by atoms with Gasteiger partial charge in [0.05, 0.1) is 13.0 Å². The number of esters is 1. The lowest BCUT2D eigenvalue weighted by Gasteiger charge is -2.27. The van der Waals surface area contributed by atoms with Crippen molar-refractivity contribution >= 4 is 41.0 Å². The van der Waals surface area contributed by atoms with Crippen molar-refractivity contribution in [2.45, 2.75) is 57.5 Å². The van der Waals surface area contributed by atoms with Gasteiger partial charge in [-0.05, 0) is 87.4 Å². The summed E-state index contributed by atoms with van der Waals surface area (Å²) >= 11 is 7.65. The molecule has 0 radical (unpaired) electrons. The van der Waals surface area contributed by atoms with E-state index in [1.54, 1.807) is 49.6 Å². The van der Waals surface area contributed by atoms with E-state index in [2.05, 4.69) is 0 Å². The predicted molar refractivity (Wildman–Crippen MR) is 168 cm³/mol. The van der Waals surface area contributed by atoms with Crippen LogP contribution >= 0.6 is 23.4 Å². The predicted octanol–water partition coefficient (Wildman–Crippen LogP) is 7.07. The third-order valence-electron chi connectivity index (χ3n) is 7.69. The van der Waals surface area contributed by atoms with Crippen LogP contribution in [0, 0.1) is 19.8 Å². The molecule has 0 saturated carbocycles. The van der Waals surface area contributed by atoms with Gasteiger partial charge in [0.2, 0.25) is 5.91 Å². The summed E-state index contributed by atoms with van der Waals surface area (Å²) in [4.78, 5) is 42.7. The van der Waals surface area contributed by atoms with Crippen molar-refractivity contribution in [3.63, 3.8) is 0 Å². The lowest BCUT2D eigenvalue weighted by atomic mass is 9.82. The van der Waals surface area contributed by atoms with E-state index in [1.165, 1.54) is 0 Å². The standard InChI is InChI=1S/C34H38ClNO5S/c1-7-40-33(39)34(4,5)41-32-21(2)16-25(17-22(32)3)28-19-36(30(37)18-23-8-12-26(35)13-9-23)20-29(28)31(38)24-10-14-27(42-6)15-11-24/h8-17,28-29H,7,18-20H2,1-6H3/t28-,29+/m1/s1. The van der Waals surface area contributed by atoms with E-state index in [4.69, 9.17) is 21.1 Å². The number of ketones is 1. The number of halogens is 1. The Bertz CT molecular complexity index is 1430. The monoisotopic (exact) mass is 607 g/mol. The fraction of sp³-hybridized carbons (Fsp3) is 0.382. The Kier molecular flexibility index (Phi) is 10.1. The Hall–Kier alpha value is -3.29. The van der Waals surface area contributed by atoms with Crippen LogP contribution in [0.25, 0.3) is 0 Å². The first kappa shape index (κ1) is 31.6. The van der Waals surface area contributed by atoms with Crippen LogP contribution in [0.4, 0.5) is 0 Å². The van der Waals surface area contributed by atoms with E-state index in [1.807, 2.05) is 68.6 Å². The molecule has 1 saturated heterocycles. The zero-order valence-electron chi connectivity index (χ0n) is 25.0. The number of hydrogen-bond acceptors (Lipinski definition) is 6. The highest BCUT2D eigenvalue weighted by molar-refractivity contribution is 7.98. The zero-order chi connectivity index (χ0) is 30.6. The number of thioether (sulfide) groups is 1. The summed E-state index contributed by atoms with van der Waals surface area (Å²) in [5.41, 5.74) is 3.02. The van der Waals surface area contributed by atoms with Gasteiger partial charge in [0, 0.05) is 40.4 Å². The van der Waals surface area contributed by atoms with E-state index in [0.29, 0.717) is 29.4 Å². The lowest BCUT2D eigenvalue weighted by Crippen LogP contribution is -2.40. The highest BCUT2D eigenvalue weighted by Gasteiger charge is 2.41. The van der Waals surface area contributed by atoms with Crippen LogP contribution in [0.2, 0.25) is 5.02 Å². The van der Waals surface area contributed by atoms with Gasteiger partial charge in [-0.15, -0.1) is 11.8 Å². The van der Waals surface area contributed by atoms with E-state index in [0.717, 1.165) is 27.1 Å². The molecule has 3 aromatic carbocycles. The fourth-order valence-corrected chi connectivity index (χ4v) is 5.96. The van der Waals surface area contributed by atoms with Gasteiger partial charge in [0.15, 0.2) is 11.4 Å². The molecule has 4 rings (SSSR count). The second-order valence-electron chi connectivity index (χ2n) is 11.2. The van der Waals surface area contributed by atoms with E-state index in [9.17, 15) is 14.4 Å². The maximum atomic E-state index is 13.9. The molecule has 1 fully saturated rings. The summed E-state index contributed by atoms with van der Waals surface area (Å²) in [5.74, 6) is -0.427. The third kappa shape index (κ3) is 7.19. The Balaban J connectivity index is 1.65. The Labute approximate surface area is 257 Å². The van der Waals surface area contributed by atoms with Crippen molar-refractivity contribution in [2.75, 3.05) is 26.0 Å². The number of nitrogens with zero attached hydrogens (tertiary/aromatic N) is 1. The van der Waals surface area contributed by atoms with Gasteiger partial charge in [-0.25, -0.2) is 4.79 Å². The first-order chi connectivity index (χ1) is 19.9. The molecule has 0 spiro atoms. The van der Waals surface area contributed by atoms with Crippen LogP contribution in [0.5, 0.6) is 5.75 Å². The van der Waals surface area contributed by atoms with E-state index in [-0.39, 0.29) is 30.6 Å². The number of hydrogen-bond donors (Lipinski definition) is 0. The van der Waals surface area contributed by atoms with Crippen LogP contribution in [-0.2, 0) is 20.7 Å². The smallest absolute Gasteiger partial charge is 0.349 e. The van der Waals surface area contributed by atoms with Gasteiger partial charge in [0.1, 0.15) is 5.75 Å². The van der Waals surface area contributed by atoms with Gasteiger partial charge in [-0.1, -0.05) is 48.0 Å². The normalized spacial score (nSPS) is 16.8. The van der Waals surface area contributed by atoms with Gasteiger partial charge in [-0.3, -0.25) is 9.59 Å². The Morgan fingerprint density at radius 1 is 0.976 bits per heavy atom. The molecule has 2 atom stereocenters. The minimum absolute atomic E-state index is 0.0218. The second-order valence-corrected chi connectivity index (χ2v) is 12.5. The summed E-state index contributed by atoms with van der Waals surface area (Å²) in [6.07, 6.45) is 2.24. The minimum Gasteiger partial charge on any atom is -0.476 e. The molecule has 1 amide bonds. The molecular formula is C34H38ClNO5S. The molecule has 222 valence electrons. The summed E-state index contributed by atoms with van der Waals surface area (Å²) in [6.45, 7) is 10.1. The zero-order valence-corrected chi connectivity index (χ0v) is 26.6. The van der Waals surface area contributed by atoms with Crippen LogP contribution in [0.3, 0.4) is 0 Å². The molecule has 0 unspecified atom stereocenters. The van der Waals surface area contributed by atoms with Crippen molar-refractivity contribution < 1.29 is 23.9 Å². The number of ether oxygens (including phenoxy) is 2. The lowest BCUT2D eigenvalue weighted by molar-refractivity contribution is -0.158. The quantitative estimate of drug-likeness (QED) is 0.139. The average molecular weight is 608 g/mol. The third-order valence-corrected chi connectivity index (χ3v) is 8.68. The molecule has 8 heteroatoms. The molecule has 6 nitrogen and oxygen atoms in total. The number of carbonyl (C=O) groups is 3. The minimum atomic E-state index is -1.16. The molecular weight excluding hydrogens is 570 g/mol. The molecule has 1 heterocycles. The molecule has 0 aromatic heterocycles. The molecule has 0 aliphatic carbocycles. The molecule has 42 heavy (non-hydrogen) atoms. The number of likely N-dealkylation sites (tertiary alicyclic amines) is 1. The van der Waals surface area contributed by atoms with Gasteiger partial charge in [0.25, 0.3) is 0 Å². The number of Topliss-reactive ketones (excluding diaryl/α,β-unsaturated/α-hetero) is 1. The SMILES string of the molecule is CCOC(=O)C(C)(C)Oc1c(C)cc([C@H]2CN(C(=O)Cc3ccc(Cl)cc3)C[C@@H]2C(=O)c2ccc(SC)cc2)cc1C. The van der Waals surface area contributed by atoms with Crippen molar-refractivity contribution in [1.29, 1.82) is 0 Å². The molecule has 3 aromatic rings. The number of rotatable bonds is 10. The van der Waals surface area contributed by atoms with Crippen LogP contribution in [0.1, 0.15) is 59.3 Å².